The van der Waals surface area contributed by atoms with Crippen LogP contribution in [0, 0.1) is 5.82 Å². The number of aromatic nitrogens is 1. The molecule has 1 aromatic heterocycles. The number of carbonyl (C=O) groups excluding carboxylic acids is 1. The van der Waals surface area contributed by atoms with Crippen molar-refractivity contribution in [3.05, 3.63) is 74.2 Å². The van der Waals surface area contributed by atoms with Gasteiger partial charge in [0, 0.05) is 22.6 Å². The molecule has 1 aliphatic rings. The minimum atomic E-state index is -0.607. The summed E-state index contributed by atoms with van der Waals surface area (Å²) in [5.74, 6) is -1.15. The number of anilines is 1. The molecule has 2 aromatic carbocycles. The Kier molecular flexibility index (Phi) is 3.49. The number of nitrogens with zero attached hydrogens (tertiary/aromatic N) is 1. The molecule has 4 rings (SSSR count). The summed E-state index contributed by atoms with van der Waals surface area (Å²) >= 11 is 3.41. The van der Waals surface area contributed by atoms with E-state index in [2.05, 4.69) is 21.2 Å². The van der Waals surface area contributed by atoms with Crippen molar-refractivity contribution in [2.45, 2.75) is 13.0 Å². The van der Waals surface area contributed by atoms with Crippen molar-refractivity contribution < 1.29 is 9.18 Å². The predicted octanol–water partition coefficient (Wildman–Crippen LogP) is 3.71. The molecule has 0 saturated carbocycles. The first-order valence-electron chi connectivity index (χ1n) is 7.46. The van der Waals surface area contributed by atoms with E-state index < -0.39 is 11.7 Å². The van der Waals surface area contributed by atoms with Gasteiger partial charge in [0.05, 0.1) is 11.2 Å². The zero-order valence-electron chi connectivity index (χ0n) is 12.5. The second-order valence-electron chi connectivity index (χ2n) is 5.71. The number of benzene rings is 2. The second kappa shape index (κ2) is 5.56. The van der Waals surface area contributed by atoms with Crippen LogP contribution in [0.25, 0.3) is 10.9 Å². The molecule has 1 N–H and O–H groups in total. The van der Waals surface area contributed by atoms with E-state index in [1.165, 1.54) is 18.2 Å². The highest BCUT2D eigenvalue weighted by Crippen LogP contribution is 2.28. The van der Waals surface area contributed by atoms with E-state index >= 15 is 0 Å². The van der Waals surface area contributed by atoms with Crippen LogP contribution in [0.1, 0.15) is 15.9 Å². The first kappa shape index (κ1) is 15.1. The minimum Gasteiger partial charge on any atom is -0.346 e. The lowest BCUT2D eigenvalue weighted by Gasteiger charge is -2.10. The number of pyridine rings is 1. The fourth-order valence-electron chi connectivity index (χ4n) is 3.11. The molecule has 0 spiro atoms. The number of halogens is 2. The molecular formula is C18H12BrFN2O2. The Hall–Kier alpha value is -2.47. The highest BCUT2D eigenvalue weighted by Gasteiger charge is 2.21. The van der Waals surface area contributed by atoms with Crippen molar-refractivity contribution in [2.75, 3.05) is 5.32 Å². The highest BCUT2D eigenvalue weighted by atomic mass is 79.9. The van der Waals surface area contributed by atoms with Crippen molar-refractivity contribution >= 4 is 38.4 Å². The number of rotatable bonds is 2. The van der Waals surface area contributed by atoms with Crippen LogP contribution in [-0.2, 0) is 13.0 Å². The largest absolute Gasteiger partial charge is 0.346 e. The lowest BCUT2D eigenvalue weighted by Crippen LogP contribution is -2.23. The topological polar surface area (TPSA) is 51.1 Å². The van der Waals surface area contributed by atoms with Crippen molar-refractivity contribution in [3.8, 4) is 0 Å². The van der Waals surface area contributed by atoms with Gasteiger partial charge in [0.25, 0.3) is 5.91 Å². The number of nitrogens with one attached hydrogen (secondary N) is 1. The van der Waals surface area contributed by atoms with Crippen molar-refractivity contribution in [1.82, 2.24) is 4.57 Å². The van der Waals surface area contributed by atoms with E-state index in [-0.39, 0.29) is 16.7 Å². The number of aryl methyl sites for hydroxylation is 2. The summed E-state index contributed by atoms with van der Waals surface area (Å²) in [4.78, 5) is 25.2. The fraction of sp³-hybridized carbons (Fsp3) is 0.111. The molecular weight excluding hydrogens is 375 g/mol. The third-order valence-electron chi connectivity index (χ3n) is 4.20. The average Bonchev–Trinajstić information content (AvgIpc) is 2.96. The summed E-state index contributed by atoms with van der Waals surface area (Å²) in [6.45, 7) is 0.711. The maximum atomic E-state index is 13.7. The Labute approximate surface area is 145 Å². The van der Waals surface area contributed by atoms with Gasteiger partial charge >= 0.3 is 0 Å². The van der Waals surface area contributed by atoms with Gasteiger partial charge in [0.1, 0.15) is 11.4 Å². The number of hydrogen-bond acceptors (Lipinski definition) is 2. The molecule has 0 saturated heterocycles. The van der Waals surface area contributed by atoms with E-state index in [0.717, 1.165) is 22.0 Å². The van der Waals surface area contributed by atoms with Gasteiger partial charge in [-0.25, -0.2) is 4.39 Å². The van der Waals surface area contributed by atoms with Gasteiger partial charge in [-0.3, -0.25) is 9.59 Å². The molecule has 2 heterocycles. The molecule has 0 fully saturated rings. The van der Waals surface area contributed by atoms with Crippen LogP contribution >= 0.6 is 15.9 Å². The second-order valence-corrected chi connectivity index (χ2v) is 6.63. The molecule has 0 aliphatic carbocycles. The molecule has 0 radical (unpaired) electrons. The average molecular weight is 387 g/mol. The van der Waals surface area contributed by atoms with Crippen LogP contribution in [0.5, 0.6) is 0 Å². The van der Waals surface area contributed by atoms with Gasteiger partial charge in [0.15, 0.2) is 0 Å². The monoisotopic (exact) mass is 386 g/mol. The number of para-hydroxylation sites is 1. The van der Waals surface area contributed by atoms with E-state index in [1.807, 2.05) is 10.6 Å². The van der Waals surface area contributed by atoms with Gasteiger partial charge in [-0.05, 0) is 36.2 Å². The van der Waals surface area contributed by atoms with E-state index in [1.54, 1.807) is 18.3 Å². The zero-order valence-corrected chi connectivity index (χ0v) is 14.1. The molecule has 1 amide bonds. The first-order chi connectivity index (χ1) is 11.5. The van der Waals surface area contributed by atoms with Crippen LogP contribution in [0.4, 0.5) is 10.1 Å². The third-order valence-corrected chi connectivity index (χ3v) is 4.66. The van der Waals surface area contributed by atoms with Crippen molar-refractivity contribution in [1.29, 1.82) is 0 Å². The smallest absolute Gasteiger partial charge is 0.261 e. The lowest BCUT2D eigenvalue weighted by atomic mass is 10.1. The normalized spacial score (nSPS) is 12.6. The summed E-state index contributed by atoms with van der Waals surface area (Å²) in [5, 5.41) is 2.97. The van der Waals surface area contributed by atoms with Crippen LogP contribution < -0.4 is 10.7 Å². The first-order valence-corrected chi connectivity index (χ1v) is 8.25. The maximum absolute atomic E-state index is 13.7. The Morgan fingerprint density at radius 3 is 2.83 bits per heavy atom. The van der Waals surface area contributed by atoms with Crippen molar-refractivity contribution in [2.24, 2.45) is 0 Å². The fourth-order valence-corrected chi connectivity index (χ4v) is 3.62. The van der Waals surface area contributed by atoms with E-state index in [0.29, 0.717) is 11.9 Å². The third kappa shape index (κ3) is 2.34. The Bertz CT molecular complexity index is 1060. The van der Waals surface area contributed by atoms with Gasteiger partial charge in [-0.15, -0.1) is 0 Å². The summed E-state index contributed by atoms with van der Waals surface area (Å²) in [6.07, 6.45) is 2.37. The Balaban J connectivity index is 1.84. The van der Waals surface area contributed by atoms with Crippen molar-refractivity contribution in [3.63, 3.8) is 0 Å². The maximum Gasteiger partial charge on any atom is 0.261 e. The molecule has 0 bridgehead atoms. The molecule has 3 aromatic rings. The number of hydrogen-bond donors (Lipinski definition) is 1. The van der Waals surface area contributed by atoms with Crippen LogP contribution in [0.15, 0.2) is 51.9 Å². The SMILES string of the molecule is O=C(Nc1ccccc1F)c1cn2c3c(cc(Br)cc3c1=O)CC2. The summed E-state index contributed by atoms with van der Waals surface area (Å²) < 4.78 is 16.4. The van der Waals surface area contributed by atoms with E-state index in [9.17, 15) is 14.0 Å². The molecule has 24 heavy (non-hydrogen) atoms. The molecule has 4 nitrogen and oxygen atoms in total. The number of amides is 1. The van der Waals surface area contributed by atoms with Crippen LogP contribution in [-0.4, -0.2) is 10.5 Å². The van der Waals surface area contributed by atoms with Crippen LogP contribution in [0.2, 0.25) is 0 Å². The number of carbonyl (C=O) groups is 1. The van der Waals surface area contributed by atoms with Gasteiger partial charge in [-0.2, -0.15) is 0 Å². The standard InChI is InChI=1S/C18H12BrFN2O2/c19-11-7-10-5-6-22-9-13(17(23)12(8-11)16(10)22)18(24)21-15-4-2-1-3-14(15)20/h1-4,7-9H,5-6H2,(H,21,24). The predicted molar refractivity (Wildman–Crippen MR) is 94.0 cm³/mol. The molecule has 6 heteroatoms. The zero-order chi connectivity index (χ0) is 16.8. The van der Waals surface area contributed by atoms with Gasteiger partial charge in [-0.1, -0.05) is 28.1 Å². The van der Waals surface area contributed by atoms with Gasteiger partial charge in [0.2, 0.25) is 5.43 Å². The van der Waals surface area contributed by atoms with E-state index in [4.69, 9.17) is 0 Å². The quantitative estimate of drug-likeness (QED) is 0.729. The Morgan fingerprint density at radius 2 is 2.04 bits per heavy atom. The summed E-state index contributed by atoms with van der Waals surface area (Å²) in [7, 11) is 0. The molecule has 1 aliphatic heterocycles. The van der Waals surface area contributed by atoms with Crippen LogP contribution in [0.3, 0.4) is 0 Å². The minimum absolute atomic E-state index is 0.0108. The molecule has 0 atom stereocenters. The highest BCUT2D eigenvalue weighted by molar-refractivity contribution is 9.10. The molecule has 0 unspecified atom stereocenters. The molecule has 120 valence electrons. The Morgan fingerprint density at radius 1 is 1.25 bits per heavy atom. The lowest BCUT2D eigenvalue weighted by molar-refractivity contribution is 0.102. The summed E-state index contributed by atoms with van der Waals surface area (Å²) in [6, 6.07) is 9.59. The van der Waals surface area contributed by atoms with Gasteiger partial charge < -0.3 is 9.88 Å². The summed E-state index contributed by atoms with van der Waals surface area (Å²) in [5.41, 5.74) is 1.66.